The summed E-state index contributed by atoms with van der Waals surface area (Å²) in [5.41, 5.74) is 8.29. The highest BCUT2D eigenvalue weighted by molar-refractivity contribution is 5.90. The molecule has 0 radical (unpaired) electrons. The van der Waals surface area contributed by atoms with Crippen molar-refractivity contribution >= 4 is 17.1 Å². The summed E-state index contributed by atoms with van der Waals surface area (Å²) in [4.78, 5) is 11.1. The van der Waals surface area contributed by atoms with E-state index in [2.05, 4.69) is 69.0 Å². The molecule has 29 heavy (non-hydrogen) atoms. The van der Waals surface area contributed by atoms with E-state index in [0.29, 0.717) is 0 Å². The van der Waals surface area contributed by atoms with Crippen LogP contribution in [0.5, 0.6) is 0 Å². The van der Waals surface area contributed by atoms with Crippen LogP contribution in [0.25, 0.3) is 11.1 Å². The molecular formula is C27H24O2. The smallest absolute Gasteiger partial charge is 0.335 e. The maximum absolute atomic E-state index is 11.1. The maximum atomic E-state index is 11.1. The van der Waals surface area contributed by atoms with Gasteiger partial charge in [0.05, 0.1) is 5.56 Å². The zero-order valence-corrected chi connectivity index (χ0v) is 16.8. The molecule has 2 heteroatoms. The molecular weight excluding hydrogens is 356 g/mol. The van der Waals surface area contributed by atoms with E-state index in [1.165, 1.54) is 22.3 Å². The number of hydrogen-bond acceptors (Lipinski definition) is 1. The summed E-state index contributed by atoms with van der Waals surface area (Å²) < 4.78 is 0. The van der Waals surface area contributed by atoms with Crippen LogP contribution in [0.4, 0.5) is 0 Å². The van der Waals surface area contributed by atoms with Crippen LogP contribution in [0.2, 0.25) is 0 Å². The van der Waals surface area contributed by atoms with Gasteiger partial charge in [0, 0.05) is 0 Å². The van der Waals surface area contributed by atoms with Gasteiger partial charge in [-0.25, -0.2) is 4.79 Å². The van der Waals surface area contributed by atoms with Gasteiger partial charge in [-0.3, -0.25) is 0 Å². The number of rotatable bonds is 4. The number of carboxylic acid groups (broad SMARTS) is 1. The van der Waals surface area contributed by atoms with Crippen molar-refractivity contribution in [1.82, 2.24) is 0 Å². The third kappa shape index (κ3) is 3.54. The number of hydrogen-bond donors (Lipinski definition) is 1. The number of fused-ring (bicyclic) bond motifs is 1. The van der Waals surface area contributed by atoms with Crippen molar-refractivity contribution in [3.05, 3.63) is 119 Å². The number of carbonyl (C=O) groups is 1. The third-order valence-corrected chi connectivity index (χ3v) is 5.77. The Morgan fingerprint density at radius 3 is 2.17 bits per heavy atom. The summed E-state index contributed by atoms with van der Waals surface area (Å²) in [5, 5.41) is 9.12. The summed E-state index contributed by atoms with van der Waals surface area (Å²) in [6.45, 7) is 8.85. The molecule has 144 valence electrons. The van der Waals surface area contributed by atoms with Crippen molar-refractivity contribution in [2.24, 2.45) is 0 Å². The molecule has 0 amide bonds. The lowest BCUT2D eigenvalue weighted by molar-refractivity contribution is 0.0697. The van der Waals surface area contributed by atoms with Crippen LogP contribution >= 0.6 is 0 Å². The van der Waals surface area contributed by atoms with Crippen LogP contribution < -0.4 is 0 Å². The maximum Gasteiger partial charge on any atom is 0.335 e. The fraction of sp³-hybridized carbons (Fsp3) is 0.148. The molecule has 0 spiro atoms. The summed E-state index contributed by atoms with van der Waals surface area (Å²) in [6.07, 6.45) is 3.34. The molecule has 0 saturated heterocycles. The Hall–Kier alpha value is -3.39. The molecule has 0 heterocycles. The predicted molar refractivity (Wildman–Crippen MR) is 119 cm³/mol. The first-order valence-corrected chi connectivity index (χ1v) is 9.80. The molecule has 0 aliphatic heterocycles. The third-order valence-electron chi connectivity index (χ3n) is 5.77. The summed E-state index contributed by atoms with van der Waals surface area (Å²) in [6, 6.07) is 24.0. The lowest BCUT2D eigenvalue weighted by Gasteiger charge is -2.33. The van der Waals surface area contributed by atoms with E-state index >= 15 is 0 Å². The lowest BCUT2D eigenvalue weighted by atomic mass is 9.71. The molecule has 0 atom stereocenters. The second-order valence-corrected chi connectivity index (χ2v) is 8.19. The topological polar surface area (TPSA) is 37.3 Å². The summed E-state index contributed by atoms with van der Waals surface area (Å²) in [7, 11) is 0. The van der Waals surface area contributed by atoms with Gasteiger partial charge in [-0.15, -0.1) is 0 Å². The van der Waals surface area contributed by atoms with Crippen LogP contribution in [-0.2, 0) is 5.41 Å². The predicted octanol–water partition coefficient (Wildman–Crippen LogP) is 6.56. The van der Waals surface area contributed by atoms with Crippen molar-refractivity contribution in [3.63, 3.8) is 0 Å². The molecule has 0 aromatic heterocycles. The van der Waals surface area contributed by atoms with Gasteiger partial charge >= 0.3 is 5.97 Å². The van der Waals surface area contributed by atoms with Crippen molar-refractivity contribution in [3.8, 4) is 0 Å². The van der Waals surface area contributed by atoms with Crippen LogP contribution in [0, 0.1) is 0 Å². The number of carboxylic acids is 1. The molecule has 2 nitrogen and oxygen atoms in total. The Morgan fingerprint density at radius 1 is 0.897 bits per heavy atom. The Kier molecular flexibility index (Phi) is 4.71. The molecule has 1 N–H and O–H groups in total. The van der Waals surface area contributed by atoms with E-state index in [4.69, 9.17) is 5.11 Å². The van der Waals surface area contributed by atoms with E-state index in [9.17, 15) is 4.79 Å². The molecule has 3 aromatic carbocycles. The summed E-state index contributed by atoms with van der Waals surface area (Å²) in [5.74, 6) is -0.921. The molecule has 0 unspecified atom stereocenters. The average Bonchev–Trinajstić information content (AvgIpc) is 2.73. The monoisotopic (exact) mass is 380 g/mol. The van der Waals surface area contributed by atoms with Crippen molar-refractivity contribution in [2.75, 3.05) is 0 Å². The molecule has 0 saturated carbocycles. The highest BCUT2D eigenvalue weighted by atomic mass is 16.4. The Balaban J connectivity index is 1.77. The molecule has 1 aliphatic carbocycles. The highest BCUT2D eigenvalue weighted by Gasteiger charge is 2.28. The zero-order valence-electron chi connectivity index (χ0n) is 16.8. The quantitative estimate of drug-likeness (QED) is 0.556. The van der Waals surface area contributed by atoms with E-state index < -0.39 is 5.97 Å². The molecule has 3 aromatic rings. The van der Waals surface area contributed by atoms with Crippen molar-refractivity contribution < 1.29 is 9.90 Å². The summed E-state index contributed by atoms with van der Waals surface area (Å²) >= 11 is 0. The van der Waals surface area contributed by atoms with Crippen LogP contribution in [0.3, 0.4) is 0 Å². The Morgan fingerprint density at radius 2 is 1.52 bits per heavy atom. The van der Waals surface area contributed by atoms with Gasteiger partial charge in [0.2, 0.25) is 0 Å². The van der Waals surface area contributed by atoms with Crippen LogP contribution in [0.15, 0.2) is 85.5 Å². The second-order valence-electron chi connectivity index (χ2n) is 8.19. The molecule has 4 rings (SSSR count). The van der Waals surface area contributed by atoms with E-state index in [0.717, 1.165) is 23.1 Å². The standard InChI is InChI=1S/C27H24O2/c1-18(19-9-11-21(12-10-19)26(28)29)22-13-14-25-24(17-22)23(15-16-27(25,2)3)20-7-5-4-6-8-20/h4-15,17H,1,16H2,2-3H3,(H,28,29). The first-order valence-electron chi connectivity index (χ1n) is 9.80. The lowest BCUT2D eigenvalue weighted by Crippen LogP contribution is -2.22. The van der Waals surface area contributed by atoms with Gasteiger partial charge in [0.15, 0.2) is 0 Å². The van der Waals surface area contributed by atoms with E-state index in [-0.39, 0.29) is 11.0 Å². The fourth-order valence-corrected chi connectivity index (χ4v) is 3.99. The first-order chi connectivity index (χ1) is 13.9. The van der Waals surface area contributed by atoms with Gasteiger partial charge < -0.3 is 5.11 Å². The van der Waals surface area contributed by atoms with Crippen molar-refractivity contribution in [2.45, 2.75) is 25.7 Å². The second kappa shape index (κ2) is 7.21. The number of aromatic carboxylic acids is 1. The zero-order chi connectivity index (χ0) is 20.6. The van der Waals surface area contributed by atoms with E-state index in [1.54, 1.807) is 12.1 Å². The Labute approximate surface area is 171 Å². The average molecular weight is 380 g/mol. The number of benzene rings is 3. The van der Waals surface area contributed by atoms with Gasteiger partial charge in [0.1, 0.15) is 0 Å². The Bertz CT molecular complexity index is 1120. The van der Waals surface area contributed by atoms with Gasteiger partial charge in [-0.1, -0.05) is 81.1 Å². The minimum absolute atomic E-state index is 0.0800. The van der Waals surface area contributed by atoms with Crippen LogP contribution in [0.1, 0.15) is 58.4 Å². The molecule has 0 fully saturated rings. The highest BCUT2D eigenvalue weighted by Crippen LogP contribution is 2.42. The van der Waals surface area contributed by atoms with Gasteiger partial charge in [0.25, 0.3) is 0 Å². The molecule has 1 aliphatic rings. The van der Waals surface area contributed by atoms with E-state index in [1.807, 2.05) is 18.2 Å². The largest absolute Gasteiger partial charge is 0.478 e. The molecule has 0 bridgehead atoms. The van der Waals surface area contributed by atoms with Crippen LogP contribution in [-0.4, -0.2) is 11.1 Å². The first kappa shape index (κ1) is 18.9. The minimum Gasteiger partial charge on any atom is -0.478 e. The SMILES string of the molecule is C=C(c1ccc(C(=O)O)cc1)c1ccc2c(c1)C(c1ccccc1)=CCC2(C)C. The van der Waals surface area contributed by atoms with Gasteiger partial charge in [-0.2, -0.15) is 0 Å². The fourth-order valence-electron chi connectivity index (χ4n) is 3.99. The van der Waals surface area contributed by atoms with Crippen molar-refractivity contribution in [1.29, 1.82) is 0 Å². The van der Waals surface area contributed by atoms with Gasteiger partial charge in [-0.05, 0) is 69.0 Å². The normalized spacial score (nSPS) is 14.6. The minimum atomic E-state index is -0.921. The number of allylic oxidation sites excluding steroid dienone is 1.